The number of nitrogens with zero attached hydrogens (tertiary/aromatic N) is 3. The fraction of sp³-hybridized carbons (Fsp3) is 0.150. The molecular weight excluding hydrogens is 426 g/mol. The number of para-hydroxylation sites is 1. The van der Waals surface area contributed by atoms with Gasteiger partial charge in [-0.15, -0.1) is 0 Å². The Morgan fingerprint density at radius 2 is 1.83 bits per heavy atom. The number of fused-ring (bicyclic) bond motifs is 1. The van der Waals surface area contributed by atoms with E-state index in [0.717, 1.165) is 5.69 Å². The maximum atomic E-state index is 13.5. The second-order valence-electron chi connectivity index (χ2n) is 5.97. The van der Waals surface area contributed by atoms with Crippen LogP contribution in [-0.4, -0.2) is 34.6 Å². The molecule has 0 atom stereocenters. The van der Waals surface area contributed by atoms with E-state index in [0.29, 0.717) is 36.6 Å². The third-order valence-corrected chi connectivity index (χ3v) is 6.39. The monoisotopic (exact) mass is 443 g/mol. The van der Waals surface area contributed by atoms with Crippen LogP contribution in [0.1, 0.15) is 0 Å². The van der Waals surface area contributed by atoms with Gasteiger partial charge in [0.15, 0.2) is 14.8 Å². The summed E-state index contributed by atoms with van der Waals surface area (Å²) in [6, 6.07) is 15.0. The molecule has 6 nitrogen and oxygen atoms in total. The van der Waals surface area contributed by atoms with Gasteiger partial charge in [-0.25, -0.2) is 4.98 Å². The minimum atomic E-state index is -0.198. The van der Waals surface area contributed by atoms with Crippen molar-refractivity contribution in [1.29, 1.82) is 0 Å². The molecule has 0 aliphatic rings. The topological polar surface area (TPSA) is 58.3 Å². The fourth-order valence-corrected chi connectivity index (χ4v) is 4.91. The van der Waals surface area contributed by atoms with E-state index in [1.807, 2.05) is 41.2 Å². The van der Waals surface area contributed by atoms with Crippen LogP contribution >= 0.6 is 35.3 Å². The molecule has 0 saturated carbocycles. The molecular formula is C20H17N3O3S3. The Balaban J connectivity index is 2.08. The van der Waals surface area contributed by atoms with E-state index >= 15 is 0 Å². The van der Waals surface area contributed by atoms with Crippen molar-refractivity contribution in [2.75, 3.05) is 20.5 Å². The van der Waals surface area contributed by atoms with Gasteiger partial charge in [0.2, 0.25) is 0 Å². The van der Waals surface area contributed by atoms with Crippen LogP contribution < -0.4 is 15.0 Å². The van der Waals surface area contributed by atoms with Crippen molar-refractivity contribution in [2.24, 2.45) is 0 Å². The smallest absolute Gasteiger partial charge is 0.278 e. The molecule has 0 spiro atoms. The van der Waals surface area contributed by atoms with E-state index in [4.69, 9.17) is 26.7 Å². The summed E-state index contributed by atoms with van der Waals surface area (Å²) < 4.78 is 15.3. The highest BCUT2D eigenvalue weighted by atomic mass is 32.2. The Morgan fingerprint density at radius 3 is 2.48 bits per heavy atom. The number of methoxy groups -OCH3 is 2. The number of thioether (sulfide) groups is 1. The van der Waals surface area contributed by atoms with Crippen molar-refractivity contribution in [1.82, 2.24) is 14.1 Å². The summed E-state index contributed by atoms with van der Waals surface area (Å²) >= 11 is 8.19. The van der Waals surface area contributed by atoms with Crippen LogP contribution in [0.2, 0.25) is 0 Å². The third kappa shape index (κ3) is 3.35. The Morgan fingerprint density at radius 1 is 1.07 bits per heavy atom. The van der Waals surface area contributed by atoms with Gasteiger partial charge < -0.3 is 9.47 Å². The molecule has 0 fully saturated rings. The van der Waals surface area contributed by atoms with Gasteiger partial charge in [0, 0.05) is 11.8 Å². The van der Waals surface area contributed by atoms with Gasteiger partial charge in [0.05, 0.1) is 19.9 Å². The Hall–Kier alpha value is -2.62. The molecule has 4 aromatic rings. The largest absolute Gasteiger partial charge is 0.497 e. The third-order valence-electron chi connectivity index (χ3n) is 4.40. The molecule has 0 aliphatic carbocycles. The number of rotatable bonds is 5. The van der Waals surface area contributed by atoms with Crippen LogP contribution in [0, 0.1) is 3.95 Å². The highest BCUT2D eigenvalue weighted by molar-refractivity contribution is 7.98. The molecule has 0 N–H and O–H groups in total. The quantitative estimate of drug-likeness (QED) is 0.253. The van der Waals surface area contributed by atoms with Gasteiger partial charge in [-0.3, -0.25) is 13.9 Å². The van der Waals surface area contributed by atoms with Crippen molar-refractivity contribution in [3.05, 3.63) is 62.8 Å². The number of benzene rings is 2. The first-order valence-electron chi connectivity index (χ1n) is 8.59. The maximum absolute atomic E-state index is 13.5. The number of thiazole rings is 1. The average molecular weight is 444 g/mol. The maximum Gasteiger partial charge on any atom is 0.278 e. The zero-order valence-electron chi connectivity index (χ0n) is 15.9. The average Bonchev–Trinajstić information content (AvgIpc) is 3.09. The van der Waals surface area contributed by atoms with Gasteiger partial charge in [0.1, 0.15) is 16.2 Å². The Kier molecular flexibility index (Phi) is 5.44. The van der Waals surface area contributed by atoms with Crippen LogP contribution in [0.5, 0.6) is 11.5 Å². The fourth-order valence-electron chi connectivity index (χ4n) is 3.06. The lowest BCUT2D eigenvalue weighted by molar-refractivity contribution is 0.400. The highest BCUT2D eigenvalue weighted by Gasteiger charge is 2.20. The van der Waals surface area contributed by atoms with Crippen LogP contribution in [0.3, 0.4) is 0 Å². The second-order valence-corrected chi connectivity index (χ2v) is 8.39. The first-order chi connectivity index (χ1) is 14.1. The standard InChI is InChI=1S/C20H17N3O3S3/c1-25-13-9-10-15(26-2)14(11-13)23-18(24)16-17(21-19(23)28-3)22(20(27)29-16)12-7-5-4-6-8-12/h4-11H,1-3H3. The van der Waals surface area contributed by atoms with Crippen LogP contribution in [0.25, 0.3) is 21.7 Å². The molecule has 0 amide bonds. The molecule has 148 valence electrons. The Bertz CT molecular complexity index is 1310. The summed E-state index contributed by atoms with van der Waals surface area (Å²) in [4.78, 5) is 18.3. The van der Waals surface area contributed by atoms with Crippen LogP contribution in [0.4, 0.5) is 0 Å². The number of ether oxygens (including phenoxy) is 2. The number of hydrogen-bond donors (Lipinski definition) is 0. The summed E-state index contributed by atoms with van der Waals surface area (Å²) in [7, 11) is 3.15. The van der Waals surface area contributed by atoms with E-state index in [2.05, 4.69) is 0 Å². The second kappa shape index (κ2) is 8.02. The minimum absolute atomic E-state index is 0.198. The van der Waals surface area contributed by atoms with Crippen molar-refractivity contribution in [3.63, 3.8) is 0 Å². The summed E-state index contributed by atoms with van der Waals surface area (Å²) in [5.41, 5.74) is 1.80. The molecule has 2 heterocycles. The van der Waals surface area contributed by atoms with Gasteiger partial charge in [-0.1, -0.05) is 41.3 Å². The van der Waals surface area contributed by atoms with E-state index < -0.39 is 0 Å². The Labute approximate surface area is 180 Å². The molecule has 2 aromatic carbocycles. The van der Waals surface area contributed by atoms with Crippen molar-refractivity contribution in [3.8, 4) is 22.9 Å². The van der Waals surface area contributed by atoms with E-state index in [9.17, 15) is 4.79 Å². The normalized spacial score (nSPS) is 11.0. The van der Waals surface area contributed by atoms with Crippen molar-refractivity contribution < 1.29 is 9.47 Å². The van der Waals surface area contributed by atoms with Gasteiger partial charge >= 0.3 is 0 Å². The zero-order chi connectivity index (χ0) is 20.5. The SMILES string of the molecule is COc1ccc(OC)c(-n2c(SC)nc3c(sc(=S)n3-c3ccccc3)c2=O)c1. The first kappa shape index (κ1) is 19.7. The molecule has 0 aliphatic heterocycles. The molecule has 29 heavy (non-hydrogen) atoms. The molecule has 0 bridgehead atoms. The van der Waals surface area contributed by atoms with Crippen LogP contribution in [0.15, 0.2) is 58.5 Å². The zero-order valence-corrected chi connectivity index (χ0v) is 18.4. The lowest BCUT2D eigenvalue weighted by Crippen LogP contribution is -2.22. The van der Waals surface area contributed by atoms with E-state index in [1.165, 1.54) is 23.1 Å². The predicted octanol–water partition coefficient (Wildman–Crippen LogP) is 4.71. The van der Waals surface area contributed by atoms with E-state index in [-0.39, 0.29) is 5.56 Å². The number of aromatic nitrogens is 3. The predicted molar refractivity (Wildman–Crippen MR) is 120 cm³/mol. The van der Waals surface area contributed by atoms with Crippen LogP contribution in [-0.2, 0) is 0 Å². The summed E-state index contributed by atoms with van der Waals surface area (Å²) in [5, 5.41) is 0.534. The van der Waals surface area contributed by atoms with E-state index in [1.54, 1.807) is 37.0 Å². The molecule has 0 radical (unpaired) electrons. The summed E-state index contributed by atoms with van der Waals surface area (Å²) in [6.45, 7) is 0. The lowest BCUT2D eigenvalue weighted by atomic mass is 10.2. The number of hydrogen-bond acceptors (Lipinski definition) is 7. The molecule has 0 saturated heterocycles. The minimum Gasteiger partial charge on any atom is -0.497 e. The molecule has 9 heteroatoms. The highest BCUT2D eigenvalue weighted by Crippen LogP contribution is 2.31. The summed E-state index contributed by atoms with van der Waals surface area (Å²) in [6.07, 6.45) is 1.88. The lowest BCUT2D eigenvalue weighted by Gasteiger charge is -2.15. The molecule has 2 aromatic heterocycles. The van der Waals surface area contributed by atoms with Gasteiger partial charge in [0.25, 0.3) is 5.56 Å². The van der Waals surface area contributed by atoms with Gasteiger partial charge in [-0.05, 0) is 42.7 Å². The van der Waals surface area contributed by atoms with Crippen molar-refractivity contribution in [2.45, 2.75) is 5.16 Å². The summed E-state index contributed by atoms with van der Waals surface area (Å²) in [5.74, 6) is 1.17. The molecule has 0 unspecified atom stereocenters. The first-order valence-corrected chi connectivity index (χ1v) is 11.0. The van der Waals surface area contributed by atoms with Crippen molar-refractivity contribution >= 4 is 45.7 Å². The van der Waals surface area contributed by atoms with Gasteiger partial charge in [-0.2, -0.15) is 0 Å². The molecule has 4 rings (SSSR count).